The summed E-state index contributed by atoms with van der Waals surface area (Å²) in [4.78, 5) is 42.4. The van der Waals surface area contributed by atoms with Crippen molar-refractivity contribution < 1.29 is 19.4 Å². The Morgan fingerprint density at radius 2 is 2.03 bits per heavy atom. The maximum Gasteiger partial charge on any atom is 0.303 e. The number of carbonyl (C=O) groups excluding carboxylic acids is 1. The molecule has 9 heteroatoms. The number of hydrogen-bond acceptors (Lipinski definition) is 6. The van der Waals surface area contributed by atoms with Crippen LogP contribution in [0.25, 0.3) is 10.2 Å². The molecule has 158 valence electrons. The minimum Gasteiger partial charge on any atom is -0.495 e. The molecule has 0 unspecified atom stereocenters. The van der Waals surface area contributed by atoms with Gasteiger partial charge in [0.05, 0.1) is 23.1 Å². The zero-order chi connectivity index (χ0) is 21.8. The van der Waals surface area contributed by atoms with Gasteiger partial charge in [-0.2, -0.15) is 0 Å². The van der Waals surface area contributed by atoms with Crippen LogP contribution >= 0.6 is 11.3 Å². The number of aliphatic carboxylic acids is 1. The molecule has 0 aliphatic rings. The number of ether oxygens (including phenoxy) is 1. The number of amides is 1. The lowest BCUT2D eigenvalue weighted by Crippen LogP contribution is -2.25. The first-order chi connectivity index (χ1) is 14.4. The Morgan fingerprint density at radius 3 is 2.70 bits per heavy atom. The van der Waals surface area contributed by atoms with Crippen LogP contribution < -0.4 is 15.6 Å². The van der Waals surface area contributed by atoms with Crippen molar-refractivity contribution in [2.24, 2.45) is 0 Å². The highest BCUT2D eigenvalue weighted by atomic mass is 32.1. The summed E-state index contributed by atoms with van der Waals surface area (Å²) in [6.45, 7) is 3.89. The van der Waals surface area contributed by atoms with Gasteiger partial charge >= 0.3 is 5.97 Å². The van der Waals surface area contributed by atoms with Crippen LogP contribution in [0.2, 0.25) is 0 Å². The number of anilines is 1. The number of carboxylic acid groups (broad SMARTS) is 1. The van der Waals surface area contributed by atoms with Crippen molar-refractivity contribution in [1.29, 1.82) is 0 Å². The van der Waals surface area contributed by atoms with Crippen molar-refractivity contribution in [3.8, 4) is 5.75 Å². The lowest BCUT2D eigenvalue weighted by Gasteiger charge is -2.10. The van der Waals surface area contributed by atoms with E-state index in [0.717, 1.165) is 0 Å². The molecule has 2 aromatic heterocycles. The van der Waals surface area contributed by atoms with Crippen LogP contribution in [0, 0.1) is 6.92 Å². The third kappa shape index (κ3) is 4.20. The van der Waals surface area contributed by atoms with Gasteiger partial charge in [0.25, 0.3) is 11.5 Å². The van der Waals surface area contributed by atoms with Crippen molar-refractivity contribution in [1.82, 2.24) is 9.55 Å². The second-order valence-corrected chi connectivity index (χ2v) is 7.73. The van der Waals surface area contributed by atoms with Gasteiger partial charge in [-0.3, -0.25) is 19.0 Å². The number of methoxy groups -OCH3 is 1. The number of carboxylic acids is 1. The average molecular weight is 429 g/mol. The van der Waals surface area contributed by atoms with Crippen molar-refractivity contribution in [3.63, 3.8) is 0 Å². The third-order valence-corrected chi connectivity index (χ3v) is 5.96. The van der Waals surface area contributed by atoms with Crippen LogP contribution in [0.15, 0.2) is 29.1 Å². The molecule has 0 atom stereocenters. The van der Waals surface area contributed by atoms with Crippen LogP contribution in [0.3, 0.4) is 0 Å². The smallest absolute Gasteiger partial charge is 0.303 e. The van der Waals surface area contributed by atoms with E-state index in [1.54, 1.807) is 25.1 Å². The van der Waals surface area contributed by atoms with E-state index in [4.69, 9.17) is 9.84 Å². The van der Waals surface area contributed by atoms with Gasteiger partial charge in [-0.15, -0.1) is 11.3 Å². The number of benzene rings is 1. The fourth-order valence-corrected chi connectivity index (χ4v) is 4.38. The quantitative estimate of drug-likeness (QED) is 0.567. The Balaban J connectivity index is 2.00. The average Bonchev–Trinajstić information content (AvgIpc) is 3.06. The predicted octanol–water partition coefficient (Wildman–Crippen LogP) is 3.45. The van der Waals surface area contributed by atoms with Crippen LogP contribution in [0.5, 0.6) is 5.75 Å². The molecule has 30 heavy (non-hydrogen) atoms. The maximum absolute atomic E-state index is 13.1. The second-order valence-electron chi connectivity index (χ2n) is 6.73. The number of fused-ring (bicyclic) bond motifs is 1. The lowest BCUT2D eigenvalue weighted by atomic mass is 10.2. The number of nitrogens with one attached hydrogen (secondary N) is 1. The largest absolute Gasteiger partial charge is 0.495 e. The molecule has 3 aromatic rings. The Morgan fingerprint density at radius 1 is 1.30 bits per heavy atom. The molecule has 0 saturated heterocycles. The molecule has 8 nitrogen and oxygen atoms in total. The molecule has 2 heterocycles. The second kappa shape index (κ2) is 9.08. The molecule has 0 fully saturated rings. The number of hydrogen-bond donors (Lipinski definition) is 2. The van der Waals surface area contributed by atoms with Gasteiger partial charge in [0, 0.05) is 19.4 Å². The molecule has 1 amide bonds. The highest BCUT2D eigenvalue weighted by Gasteiger charge is 2.22. The molecule has 0 aliphatic carbocycles. The highest BCUT2D eigenvalue weighted by molar-refractivity contribution is 7.20. The van der Waals surface area contributed by atoms with Crippen LogP contribution in [-0.4, -0.2) is 33.6 Å². The van der Waals surface area contributed by atoms with E-state index in [-0.39, 0.29) is 24.4 Å². The van der Waals surface area contributed by atoms with E-state index < -0.39 is 5.97 Å². The molecular weight excluding hydrogens is 406 g/mol. The van der Waals surface area contributed by atoms with Crippen molar-refractivity contribution in [3.05, 3.63) is 50.9 Å². The minimum atomic E-state index is -0.905. The Labute approximate surface area is 177 Å². The molecule has 1 aromatic carbocycles. The number of aromatic nitrogens is 2. The highest BCUT2D eigenvalue weighted by Crippen LogP contribution is 2.30. The molecule has 0 aliphatic heterocycles. The summed E-state index contributed by atoms with van der Waals surface area (Å²) < 4.78 is 6.79. The van der Waals surface area contributed by atoms with E-state index in [2.05, 4.69) is 10.3 Å². The molecule has 3 rings (SSSR count). The maximum atomic E-state index is 13.1. The SMILES string of the molecule is CCc1nc2sc(C(=O)Nc3ccccc3OC)c(C)c2c(=O)n1CCCC(=O)O. The molecular formula is C21H23N3O5S. The van der Waals surface area contributed by atoms with E-state index in [1.807, 2.05) is 13.0 Å². The Kier molecular flexibility index (Phi) is 6.51. The van der Waals surface area contributed by atoms with E-state index >= 15 is 0 Å². The number of carbonyl (C=O) groups is 2. The first-order valence-corrected chi connectivity index (χ1v) is 10.4. The summed E-state index contributed by atoms with van der Waals surface area (Å²) in [5.74, 6) is -0.125. The zero-order valence-corrected chi connectivity index (χ0v) is 17.8. The van der Waals surface area contributed by atoms with Gasteiger partial charge in [0.2, 0.25) is 0 Å². The number of para-hydroxylation sites is 2. The number of nitrogens with zero attached hydrogens (tertiary/aromatic N) is 2. The van der Waals surface area contributed by atoms with E-state index in [9.17, 15) is 14.4 Å². The first-order valence-electron chi connectivity index (χ1n) is 9.56. The van der Waals surface area contributed by atoms with E-state index in [0.29, 0.717) is 50.8 Å². The van der Waals surface area contributed by atoms with Gasteiger partial charge < -0.3 is 15.2 Å². The summed E-state index contributed by atoms with van der Waals surface area (Å²) >= 11 is 1.17. The standard InChI is InChI=1S/C21H23N3O5S/c1-4-15-23-20-17(21(28)24(15)11-7-10-16(25)26)12(2)18(30-20)19(27)22-13-8-5-6-9-14(13)29-3/h5-6,8-9H,4,7,10-11H2,1-3H3,(H,22,27)(H,25,26). The number of thiophene rings is 1. The third-order valence-electron chi connectivity index (χ3n) is 4.78. The van der Waals surface area contributed by atoms with Crippen LogP contribution in [0.1, 0.15) is 40.8 Å². The van der Waals surface area contributed by atoms with Gasteiger partial charge in [-0.1, -0.05) is 19.1 Å². The topological polar surface area (TPSA) is 111 Å². The molecule has 0 saturated carbocycles. The fourth-order valence-electron chi connectivity index (χ4n) is 3.29. The normalized spacial score (nSPS) is 10.9. The predicted molar refractivity (Wildman–Crippen MR) is 116 cm³/mol. The summed E-state index contributed by atoms with van der Waals surface area (Å²) in [5, 5.41) is 12.1. The van der Waals surface area contributed by atoms with E-state index in [1.165, 1.54) is 23.0 Å². The zero-order valence-electron chi connectivity index (χ0n) is 17.0. The lowest BCUT2D eigenvalue weighted by molar-refractivity contribution is -0.137. The van der Waals surface area contributed by atoms with Crippen molar-refractivity contribution in [2.75, 3.05) is 12.4 Å². The molecule has 0 bridgehead atoms. The number of aryl methyl sites for hydroxylation is 2. The van der Waals surface area contributed by atoms with Gasteiger partial charge in [-0.25, -0.2) is 4.98 Å². The Hall–Kier alpha value is -3.20. The fraction of sp³-hybridized carbons (Fsp3) is 0.333. The van der Waals surface area contributed by atoms with Gasteiger partial charge in [0.15, 0.2) is 0 Å². The summed E-state index contributed by atoms with van der Waals surface area (Å²) in [5.41, 5.74) is 0.858. The summed E-state index contributed by atoms with van der Waals surface area (Å²) in [6, 6.07) is 7.09. The Bertz CT molecular complexity index is 1170. The minimum absolute atomic E-state index is 0.0250. The summed E-state index contributed by atoms with van der Waals surface area (Å²) in [6.07, 6.45) is 0.834. The first kappa shape index (κ1) is 21.5. The van der Waals surface area contributed by atoms with Gasteiger partial charge in [-0.05, 0) is 31.0 Å². The summed E-state index contributed by atoms with van der Waals surface area (Å²) in [7, 11) is 1.53. The number of rotatable bonds is 8. The monoisotopic (exact) mass is 429 g/mol. The molecule has 0 radical (unpaired) electrons. The van der Waals surface area contributed by atoms with Crippen LogP contribution in [-0.2, 0) is 17.8 Å². The van der Waals surface area contributed by atoms with Crippen molar-refractivity contribution >= 4 is 39.1 Å². The van der Waals surface area contributed by atoms with Gasteiger partial charge in [0.1, 0.15) is 16.4 Å². The molecule has 0 spiro atoms. The van der Waals surface area contributed by atoms with Crippen LogP contribution in [0.4, 0.5) is 5.69 Å². The van der Waals surface area contributed by atoms with Crippen molar-refractivity contribution in [2.45, 2.75) is 39.7 Å². The molecule has 2 N–H and O–H groups in total.